The molecule has 3 atom stereocenters. The van der Waals surface area contributed by atoms with Crippen molar-refractivity contribution in [2.75, 3.05) is 32.0 Å². The smallest absolute Gasteiger partial charge is 0.142 e. The topological polar surface area (TPSA) is 68.0 Å². The van der Waals surface area contributed by atoms with Crippen LogP contribution in [0, 0.1) is 0 Å². The minimum absolute atomic E-state index is 0.214. The number of morpholine rings is 1. The van der Waals surface area contributed by atoms with Crippen LogP contribution in [0.2, 0.25) is 0 Å². The van der Waals surface area contributed by atoms with Gasteiger partial charge in [-0.15, -0.1) is 0 Å². The van der Waals surface area contributed by atoms with E-state index in [-0.39, 0.29) is 12.7 Å². The van der Waals surface area contributed by atoms with Crippen molar-refractivity contribution in [1.82, 2.24) is 4.90 Å². The summed E-state index contributed by atoms with van der Waals surface area (Å²) >= 11 is 0. The number of benzene rings is 1. The molecule has 0 radical (unpaired) electrons. The number of β-amino-alcohol motifs (C(OH)–C–C–N with tert-alkyl or cyclic N) is 1. The number of nitrogens with two attached hydrogens (primary N) is 1. The van der Waals surface area contributed by atoms with Gasteiger partial charge in [0.15, 0.2) is 0 Å². The molecule has 21 heavy (non-hydrogen) atoms. The molecule has 5 heteroatoms. The maximum atomic E-state index is 10.2. The molecule has 1 saturated heterocycles. The number of hydrogen-bond donors (Lipinski definition) is 2. The van der Waals surface area contributed by atoms with Crippen molar-refractivity contribution >= 4 is 5.69 Å². The second-order valence-corrected chi connectivity index (χ2v) is 5.66. The average molecular weight is 294 g/mol. The van der Waals surface area contributed by atoms with E-state index in [1.54, 1.807) is 6.07 Å². The fraction of sp³-hybridized carbons (Fsp3) is 0.625. The highest BCUT2D eigenvalue weighted by atomic mass is 16.5. The zero-order chi connectivity index (χ0) is 15.2. The molecule has 1 fully saturated rings. The molecule has 2 rings (SSSR count). The predicted molar refractivity (Wildman–Crippen MR) is 83.4 cm³/mol. The first-order chi connectivity index (χ1) is 10.1. The van der Waals surface area contributed by atoms with Gasteiger partial charge in [0.25, 0.3) is 0 Å². The highest BCUT2D eigenvalue weighted by Gasteiger charge is 2.27. The van der Waals surface area contributed by atoms with E-state index in [2.05, 4.69) is 18.7 Å². The predicted octanol–water partition coefficient (Wildman–Crippen LogP) is 1.51. The van der Waals surface area contributed by atoms with Gasteiger partial charge < -0.3 is 20.3 Å². The molecular formula is C16H26N2O3. The molecule has 1 aliphatic heterocycles. The number of anilines is 1. The Bertz CT molecular complexity index is 441. The SMILES string of the molecule is CCC1COC(C)CN1CC(O)COc1ccccc1N. The minimum Gasteiger partial charge on any atom is -0.489 e. The second-order valence-electron chi connectivity index (χ2n) is 5.66. The Labute approximate surface area is 126 Å². The van der Waals surface area contributed by atoms with Crippen LogP contribution in [0.5, 0.6) is 5.75 Å². The zero-order valence-corrected chi connectivity index (χ0v) is 12.9. The van der Waals surface area contributed by atoms with Crippen molar-refractivity contribution in [1.29, 1.82) is 0 Å². The number of nitrogens with zero attached hydrogens (tertiary/aromatic N) is 1. The van der Waals surface area contributed by atoms with Gasteiger partial charge in [0, 0.05) is 19.1 Å². The van der Waals surface area contributed by atoms with Crippen molar-refractivity contribution in [2.45, 2.75) is 38.5 Å². The molecule has 0 spiro atoms. The third-order valence-electron chi connectivity index (χ3n) is 3.85. The average Bonchev–Trinajstić information content (AvgIpc) is 2.47. The fourth-order valence-electron chi connectivity index (χ4n) is 2.63. The van der Waals surface area contributed by atoms with Gasteiger partial charge in [-0.2, -0.15) is 0 Å². The van der Waals surface area contributed by atoms with E-state index in [9.17, 15) is 5.11 Å². The first-order valence-electron chi connectivity index (χ1n) is 7.61. The molecule has 5 nitrogen and oxygen atoms in total. The maximum Gasteiger partial charge on any atom is 0.142 e. The second kappa shape index (κ2) is 7.64. The van der Waals surface area contributed by atoms with Crippen LogP contribution < -0.4 is 10.5 Å². The summed E-state index contributed by atoms with van der Waals surface area (Å²) in [6.07, 6.45) is 0.695. The quantitative estimate of drug-likeness (QED) is 0.778. The number of rotatable bonds is 6. The van der Waals surface area contributed by atoms with E-state index in [0.29, 0.717) is 24.0 Å². The first-order valence-corrected chi connectivity index (χ1v) is 7.61. The van der Waals surface area contributed by atoms with Crippen LogP contribution in [0.4, 0.5) is 5.69 Å². The van der Waals surface area contributed by atoms with Gasteiger partial charge in [-0.05, 0) is 25.5 Å². The van der Waals surface area contributed by atoms with Gasteiger partial charge in [0.05, 0.1) is 18.4 Å². The molecule has 1 heterocycles. The van der Waals surface area contributed by atoms with Crippen LogP contribution in [-0.4, -0.2) is 54.6 Å². The summed E-state index contributed by atoms with van der Waals surface area (Å²) in [6, 6.07) is 7.71. The molecular weight excluding hydrogens is 268 g/mol. The zero-order valence-electron chi connectivity index (χ0n) is 12.9. The minimum atomic E-state index is -0.538. The van der Waals surface area contributed by atoms with Gasteiger partial charge in [-0.25, -0.2) is 0 Å². The summed E-state index contributed by atoms with van der Waals surface area (Å²) < 4.78 is 11.3. The van der Waals surface area contributed by atoms with E-state index in [1.165, 1.54) is 0 Å². The van der Waals surface area contributed by atoms with E-state index >= 15 is 0 Å². The molecule has 118 valence electrons. The molecule has 1 aromatic rings. The summed E-state index contributed by atoms with van der Waals surface area (Å²) in [7, 11) is 0. The highest BCUT2D eigenvalue weighted by molar-refractivity contribution is 5.51. The van der Waals surface area contributed by atoms with Crippen LogP contribution in [0.15, 0.2) is 24.3 Å². The van der Waals surface area contributed by atoms with Crippen molar-refractivity contribution in [3.63, 3.8) is 0 Å². The summed E-state index contributed by atoms with van der Waals surface area (Å²) in [5.74, 6) is 0.624. The van der Waals surface area contributed by atoms with Crippen molar-refractivity contribution in [3.05, 3.63) is 24.3 Å². The normalized spacial score (nSPS) is 24.7. The summed E-state index contributed by atoms with van der Waals surface area (Å²) in [5, 5.41) is 10.2. The Morgan fingerprint density at radius 2 is 2.24 bits per heavy atom. The molecule has 0 saturated carbocycles. The lowest BCUT2D eigenvalue weighted by Crippen LogP contribution is -2.51. The van der Waals surface area contributed by atoms with Gasteiger partial charge in [-0.3, -0.25) is 4.90 Å². The Kier molecular flexibility index (Phi) is 5.85. The molecule has 3 unspecified atom stereocenters. The molecule has 0 aliphatic carbocycles. The summed E-state index contributed by atoms with van der Waals surface area (Å²) in [5.41, 5.74) is 6.41. The molecule has 0 aromatic heterocycles. The van der Waals surface area contributed by atoms with Crippen molar-refractivity contribution < 1.29 is 14.6 Å². The maximum absolute atomic E-state index is 10.2. The van der Waals surface area contributed by atoms with E-state index in [0.717, 1.165) is 19.6 Å². The third kappa shape index (κ3) is 4.59. The fourth-order valence-corrected chi connectivity index (χ4v) is 2.63. The lowest BCUT2D eigenvalue weighted by Gasteiger charge is -2.39. The first kappa shape index (κ1) is 16.1. The Hall–Kier alpha value is -1.30. The van der Waals surface area contributed by atoms with Crippen molar-refractivity contribution in [2.24, 2.45) is 0 Å². The lowest BCUT2D eigenvalue weighted by molar-refractivity contribution is -0.0709. The number of aliphatic hydroxyl groups excluding tert-OH is 1. The summed E-state index contributed by atoms with van der Waals surface area (Å²) in [6.45, 7) is 6.63. The van der Waals surface area contributed by atoms with Gasteiger partial charge in [0.1, 0.15) is 18.5 Å². The van der Waals surface area contributed by atoms with Crippen LogP contribution in [-0.2, 0) is 4.74 Å². The Morgan fingerprint density at radius 3 is 2.95 bits per heavy atom. The number of aliphatic hydroxyl groups is 1. The van der Waals surface area contributed by atoms with Crippen LogP contribution in [0.1, 0.15) is 20.3 Å². The molecule has 1 aliphatic rings. The largest absolute Gasteiger partial charge is 0.489 e. The summed E-state index contributed by atoms with van der Waals surface area (Å²) in [4.78, 5) is 2.29. The van der Waals surface area contributed by atoms with Crippen LogP contribution in [0.3, 0.4) is 0 Å². The number of nitrogen functional groups attached to an aromatic ring is 1. The molecule has 3 N–H and O–H groups in total. The molecule has 0 bridgehead atoms. The van der Waals surface area contributed by atoms with Gasteiger partial charge in [-0.1, -0.05) is 19.1 Å². The standard InChI is InChI=1S/C16H26N2O3/c1-3-13-10-20-12(2)8-18(13)9-14(19)11-21-16-7-5-4-6-15(16)17/h4-7,12-14,19H,3,8-11,17H2,1-2H3. The molecule has 0 amide bonds. The van der Waals surface area contributed by atoms with Gasteiger partial charge >= 0.3 is 0 Å². The Morgan fingerprint density at radius 1 is 1.48 bits per heavy atom. The van der Waals surface area contributed by atoms with Gasteiger partial charge in [0.2, 0.25) is 0 Å². The van der Waals surface area contributed by atoms with Crippen LogP contribution >= 0.6 is 0 Å². The van der Waals surface area contributed by atoms with E-state index in [4.69, 9.17) is 15.2 Å². The number of hydrogen-bond acceptors (Lipinski definition) is 5. The van der Waals surface area contributed by atoms with E-state index in [1.807, 2.05) is 18.2 Å². The number of ether oxygens (including phenoxy) is 2. The van der Waals surface area contributed by atoms with Crippen LogP contribution in [0.25, 0.3) is 0 Å². The Balaban J connectivity index is 1.83. The van der Waals surface area contributed by atoms with E-state index < -0.39 is 6.10 Å². The molecule has 1 aromatic carbocycles. The lowest BCUT2D eigenvalue weighted by atomic mass is 10.1. The van der Waals surface area contributed by atoms with Crippen molar-refractivity contribution in [3.8, 4) is 5.75 Å². The third-order valence-corrected chi connectivity index (χ3v) is 3.85. The highest BCUT2D eigenvalue weighted by Crippen LogP contribution is 2.20. The monoisotopic (exact) mass is 294 g/mol. The number of para-hydroxylation sites is 2.